The smallest absolute Gasteiger partial charge is 0.123 e. The molecule has 1 aliphatic heterocycles. The van der Waals surface area contributed by atoms with E-state index in [2.05, 4.69) is 20.8 Å². The topological polar surface area (TPSA) is 3.24 Å². The van der Waals surface area contributed by atoms with Crippen LogP contribution in [0.3, 0.4) is 0 Å². The van der Waals surface area contributed by atoms with Crippen LogP contribution >= 0.6 is 15.9 Å². The summed E-state index contributed by atoms with van der Waals surface area (Å²) in [5, 5.41) is 0.719. The van der Waals surface area contributed by atoms with Gasteiger partial charge in [-0.3, -0.25) is 0 Å². The van der Waals surface area contributed by atoms with Gasteiger partial charge in [0.25, 0.3) is 0 Å². The van der Waals surface area contributed by atoms with Crippen LogP contribution in [-0.4, -0.2) is 13.1 Å². The predicted molar refractivity (Wildman–Crippen MR) is 69.7 cm³/mol. The lowest BCUT2D eigenvalue weighted by Gasteiger charge is -2.25. The second-order valence-corrected chi connectivity index (χ2v) is 4.87. The molecule has 0 saturated carbocycles. The van der Waals surface area contributed by atoms with Crippen LogP contribution in [0.4, 0.5) is 10.1 Å². The van der Waals surface area contributed by atoms with E-state index in [0.29, 0.717) is 0 Å². The molecule has 0 unspecified atom stereocenters. The minimum absolute atomic E-state index is 0.145. The molecule has 1 aromatic rings. The fraction of sp³-hybridized carbons (Fsp3) is 0.538. The zero-order valence-corrected chi connectivity index (χ0v) is 11.0. The summed E-state index contributed by atoms with van der Waals surface area (Å²) in [4.78, 5) is 2.39. The van der Waals surface area contributed by atoms with Gasteiger partial charge in [0.15, 0.2) is 0 Å². The van der Waals surface area contributed by atoms with E-state index in [4.69, 9.17) is 0 Å². The van der Waals surface area contributed by atoms with Crippen LogP contribution in [-0.2, 0) is 5.33 Å². The Morgan fingerprint density at radius 1 is 1.12 bits per heavy atom. The molecule has 0 aliphatic carbocycles. The van der Waals surface area contributed by atoms with Crippen molar-refractivity contribution in [3.63, 3.8) is 0 Å². The molecule has 3 heteroatoms. The highest BCUT2D eigenvalue weighted by atomic mass is 79.9. The molecule has 0 bridgehead atoms. The van der Waals surface area contributed by atoms with Gasteiger partial charge in [-0.15, -0.1) is 0 Å². The van der Waals surface area contributed by atoms with E-state index >= 15 is 0 Å². The number of anilines is 1. The molecule has 0 radical (unpaired) electrons. The molecule has 0 spiro atoms. The zero-order chi connectivity index (χ0) is 11.4. The van der Waals surface area contributed by atoms with Crippen molar-refractivity contribution in [3.05, 3.63) is 29.6 Å². The van der Waals surface area contributed by atoms with Gasteiger partial charge in [-0.1, -0.05) is 28.8 Å². The molecule has 88 valence electrons. The molecule has 0 amide bonds. The van der Waals surface area contributed by atoms with E-state index in [0.717, 1.165) is 24.0 Å². The normalized spacial score (nSPS) is 17.2. The summed E-state index contributed by atoms with van der Waals surface area (Å²) >= 11 is 3.44. The van der Waals surface area contributed by atoms with Gasteiger partial charge in [0, 0.05) is 24.1 Å². The summed E-state index contributed by atoms with van der Waals surface area (Å²) in [6.45, 7) is 2.21. The number of alkyl halides is 1. The first kappa shape index (κ1) is 11.9. The molecular weight excluding hydrogens is 269 g/mol. The van der Waals surface area contributed by atoms with E-state index in [-0.39, 0.29) is 5.82 Å². The second kappa shape index (κ2) is 5.67. The Hall–Kier alpha value is -0.570. The number of hydrogen-bond donors (Lipinski definition) is 0. The number of hydrogen-bond acceptors (Lipinski definition) is 1. The van der Waals surface area contributed by atoms with E-state index in [1.165, 1.54) is 31.4 Å². The van der Waals surface area contributed by atoms with Gasteiger partial charge < -0.3 is 4.90 Å². The molecular formula is C13H17BrFN. The van der Waals surface area contributed by atoms with Gasteiger partial charge in [-0.25, -0.2) is 4.39 Å². The first-order valence-electron chi connectivity index (χ1n) is 5.90. The quantitative estimate of drug-likeness (QED) is 0.740. The van der Waals surface area contributed by atoms with Gasteiger partial charge in [-0.05, 0) is 36.6 Å². The lowest BCUT2D eigenvalue weighted by atomic mass is 10.1. The summed E-state index contributed by atoms with van der Waals surface area (Å²) < 4.78 is 13.1. The Kier molecular flexibility index (Phi) is 4.22. The minimum atomic E-state index is -0.145. The van der Waals surface area contributed by atoms with E-state index in [9.17, 15) is 4.39 Å². The van der Waals surface area contributed by atoms with Crippen LogP contribution in [0.1, 0.15) is 31.2 Å². The van der Waals surface area contributed by atoms with Crippen molar-refractivity contribution in [1.82, 2.24) is 0 Å². The Morgan fingerprint density at radius 3 is 2.44 bits per heavy atom. The summed E-state index contributed by atoms with van der Waals surface area (Å²) in [5.41, 5.74) is 2.25. The minimum Gasteiger partial charge on any atom is -0.371 e. The fourth-order valence-corrected chi connectivity index (χ4v) is 2.73. The first-order valence-corrected chi connectivity index (χ1v) is 7.03. The highest BCUT2D eigenvalue weighted by molar-refractivity contribution is 9.08. The summed E-state index contributed by atoms with van der Waals surface area (Å²) in [7, 11) is 0. The van der Waals surface area contributed by atoms with Crippen LogP contribution < -0.4 is 4.90 Å². The average molecular weight is 286 g/mol. The van der Waals surface area contributed by atoms with E-state index < -0.39 is 0 Å². The SMILES string of the molecule is Fc1ccc(N2CCCCCC2)c(CBr)c1. The molecule has 1 fully saturated rings. The molecule has 1 heterocycles. The predicted octanol–water partition coefficient (Wildman–Crippen LogP) is 4.10. The maximum Gasteiger partial charge on any atom is 0.123 e. The highest BCUT2D eigenvalue weighted by Gasteiger charge is 2.13. The monoisotopic (exact) mass is 285 g/mol. The number of nitrogens with zero attached hydrogens (tertiary/aromatic N) is 1. The van der Waals surface area contributed by atoms with Crippen molar-refractivity contribution in [1.29, 1.82) is 0 Å². The Labute approximate surface area is 105 Å². The van der Waals surface area contributed by atoms with Crippen molar-refractivity contribution >= 4 is 21.6 Å². The van der Waals surface area contributed by atoms with Gasteiger partial charge >= 0.3 is 0 Å². The lowest BCUT2D eigenvalue weighted by Crippen LogP contribution is -2.24. The Balaban J connectivity index is 2.23. The molecule has 1 aromatic carbocycles. The van der Waals surface area contributed by atoms with E-state index in [1.54, 1.807) is 12.1 Å². The fourth-order valence-electron chi connectivity index (χ4n) is 2.28. The van der Waals surface area contributed by atoms with E-state index in [1.807, 2.05) is 6.07 Å². The largest absolute Gasteiger partial charge is 0.371 e. The molecule has 0 N–H and O–H groups in total. The second-order valence-electron chi connectivity index (χ2n) is 4.31. The van der Waals surface area contributed by atoms with Crippen LogP contribution in [0.5, 0.6) is 0 Å². The van der Waals surface area contributed by atoms with Crippen molar-refractivity contribution < 1.29 is 4.39 Å². The molecule has 0 atom stereocenters. The maximum atomic E-state index is 13.1. The van der Waals surface area contributed by atoms with Crippen molar-refractivity contribution in [2.24, 2.45) is 0 Å². The lowest BCUT2D eigenvalue weighted by molar-refractivity contribution is 0.626. The number of halogens is 2. The molecule has 16 heavy (non-hydrogen) atoms. The Bertz CT molecular complexity index is 346. The third-order valence-electron chi connectivity index (χ3n) is 3.13. The molecule has 1 saturated heterocycles. The maximum absolute atomic E-state index is 13.1. The van der Waals surface area contributed by atoms with Crippen LogP contribution in [0.15, 0.2) is 18.2 Å². The van der Waals surface area contributed by atoms with Crippen LogP contribution in [0, 0.1) is 5.82 Å². The zero-order valence-electron chi connectivity index (χ0n) is 9.38. The van der Waals surface area contributed by atoms with Crippen LogP contribution in [0.25, 0.3) is 0 Å². The summed E-state index contributed by atoms with van der Waals surface area (Å²) in [6.07, 6.45) is 5.14. The third-order valence-corrected chi connectivity index (χ3v) is 3.74. The third kappa shape index (κ3) is 2.76. The van der Waals surface area contributed by atoms with Crippen molar-refractivity contribution in [2.75, 3.05) is 18.0 Å². The Morgan fingerprint density at radius 2 is 1.81 bits per heavy atom. The molecule has 1 aliphatic rings. The highest BCUT2D eigenvalue weighted by Crippen LogP contribution is 2.26. The number of benzene rings is 1. The average Bonchev–Trinajstić information content (AvgIpc) is 2.57. The number of rotatable bonds is 2. The standard InChI is InChI=1S/C13H17BrFN/c14-10-11-9-12(15)5-6-13(11)16-7-3-1-2-4-8-16/h5-6,9H,1-4,7-8,10H2. The molecule has 0 aromatic heterocycles. The van der Waals surface area contributed by atoms with Gasteiger partial charge in [0.1, 0.15) is 5.82 Å². The molecule has 1 nitrogen and oxygen atoms in total. The van der Waals surface area contributed by atoms with Crippen molar-refractivity contribution in [3.8, 4) is 0 Å². The van der Waals surface area contributed by atoms with Gasteiger partial charge in [-0.2, -0.15) is 0 Å². The van der Waals surface area contributed by atoms with Crippen LogP contribution in [0.2, 0.25) is 0 Å². The first-order chi connectivity index (χ1) is 7.81. The van der Waals surface area contributed by atoms with Gasteiger partial charge in [0.2, 0.25) is 0 Å². The van der Waals surface area contributed by atoms with Crippen molar-refractivity contribution in [2.45, 2.75) is 31.0 Å². The van der Waals surface area contributed by atoms with Gasteiger partial charge in [0.05, 0.1) is 0 Å². The summed E-state index contributed by atoms with van der Waals surface area (Å²) in [5.74, 6) is -0.145. The summed E-state index contributed by atoms with van der Waals surface area (Å²) in [6, 6.07) is 5.11. The molecule has 2 rings (SSSR count).